The fourth-order valence-electron chi connectivity index (χ4n) is 2.04. The molecule has 0 fully saturated rings. The number of nitrogens with zero attached hydrogens (tertiary/aromatic N) is 1. The van der Waals surface area contributed by atoms with Crippen molar-refractivity contribution in [2.45, 2.75) is 13.0 Å². The largest absolute Gasteiger partial charge is 0.328 e. The molecule has 0 saturated carbocycles. The molecule has 2 aromatic heterocycles. The van der Waals surface area contributed by atoms with Crippen LogP contribution in [-0.4, -0.2) is 9.55 Å². The van der Waals surface area contributed by atoms with Crippen molar-refractivity contribution >= 4 is 34.6 Å². The Morgan fingerprint density at radius 1 is 1.33 bits per heavy atom. The predicted octanol–water partition coefficient (Wildman–Crippen LogP) is 4.14. The molecule has 0 bridgehead atoms. The number of rotatable bonds is 3. The van der Waals surface area contributed by atoms with Gasteiger partial charge in [-0.25, -0.2) is 4.39 Å². The van der Waals surface area contributed by atoms with E-state index in [0.29, 0.717) is 10.3 Å². The molecule has 0 aliphatic rings. The van der Waals surface area contributed by atoms with Crippen molar-refractivity contribution in [2.24, 2.45) is 0 Å². The Bertz CT molecular complexity index is 725. The number of hydrogen-bond donors (Lipinski definition) is 1. The van der Waals surface area contributed by atoms with E-state index in [9.17, 15) is 4.39 Å². The van der Waals surface area contributed by atoms with Gasteiger partial charge in [-0.3, -0.25) is 0 Å². The molecule has 2 nitrogen and oxygen atoms in total. The van der Waals surface area contributed by atoms with E-state index in [1.165, 1.54) is 11.6 Å². The molecule has 2 heterocycles. The van der Waals surface area contributed by atoms with Crippen LogP contribution in [0.2, 0.25) is 0 Å². The zero-order valence-electron chi connectivity index (χ0n) is 9.52. The zero-order valence-corrected chi connectivity index (χ0v) is 11.2. The number of H-pyrrole nitrogens is 1. The SMILES string of the molecule is Fc1cccc2c1[nH]c(=S)n2CCc1ccsc1. The Hall–Kier alpha value is -1.46. The summed E-state index contributed by atoms with van der Waals surface area (Å²) in [5, 5.41) is 4.18. The molecule has 0 unspecified atom stereocenters. The lowest BCUT2D eigenvalue weighted by atomic mass is 10.2. The molecule has 3 rings (SSSR count). The van der Waals surface area contributed by atoms with Crippen LogP contribution in [0.25, 0.3) is 11.0 Å². The number of hydrogen-bond acceptors (Lipinski definition) is 2. The van der Waals surface area contributed by atoms with Crippen LogP contribution < -0.4 is 0 Å². The first-order valence-corrected chi connectivity index (χ1v) is 6.99. The standard InChI is InChI=1S/C13H11FN2S2/c14-10-2-1-3-11-12(10)15-13(17)16(11)6-4-9-5-7-18-8-9/h1-3,5,7-8H,4,6H2,(H,15,17). The Morgan fingerprint density at radius 3 is 3.00 bits per heavy atom. The van der Waals surface area contributed by atoms with Crippen molar-refractivity contribution in [3.05, 3.63) is 51.2 Å². The summed E-state index contributed by atoms with van der Waals surface area (Å²) in [5.74, 6) is -0.257. The van der Waals surface area contributed by atoms with Gasteiger partial charge in [0.05, 0.1) is 5.52 Å². The molecule has 0 amide bonds. The summed E-state index contributed by atoms with van der Waals surface area (Å²) in [7, 11) is 0. The third kappa shape index (κ3) is 2.00. The number of thiophene rings is 1. The molecule has 0 aliphatic heterocycles. The number of benzene rings is 1. The van der Waals surface area contributed by atoms with Gasteiger partial charge in [0.25, 0.3) is 0 Å². The average Bonchev–Trinajstić information content (AvgIpc) is 2.95. The van der Waals surface area contributed by atoms with Gasteiger partial charge in [0.1, 0.15) is 11.3 Å². The molecular formula is C13H11FN2S2. The first kappa shape index (κ1) is 11.6. The summed E-state index contributed by atoms with van der Waals surface area (Å²) in [4.78, 5) is 2.93. The van der Waals surface area contributed by atoms with Crippen LogP contribution in [0.1, 0.15) is 5.56 Å². The summed E-state index contributed by atoms with van der Waals surface area (Å²) >= 11 is 6.93. The number of fused-ring (bicyclic) bond motifs is 1. The van der Waals surface area contributed by atoms with Crippen LogP contribution in [0.3, 0.4) is 0 Å². The van der Waals surface area contributed by atoms with Gasteiger partial charge in [0.15, 0.2) is 4.77 Å². The molecule has 0 saturated heterocycles. The Morgan fingerprint density at radius 2 is 2.22 bits per heavy atom. The summed E-state index contributed by atoms with van der Waals surface area (Å²) < 4.78 is 16.1. The van der Waals surface area contributed by atoms with Gasteiger partial charge in [-0.1, -0.05) is 6.07 Å². The molecule has 5 heteroatoms. The highest BCUT2D eigenvalue weighted by Crippen LogP contribution is 2.18. The second-order valence-corrected chi connectivity index (χ2v) is 5.26. The van der Waals surface area contributed by atoms with Crippen molar-refractivity contribution in [2.75, 3.05) is 0 Å². The van der Waals surface area contributed by atoms with Gasteiger partial charge >= 0.3 is 0 Å². The summed E-state index contributed by atoms with van der Waals surface area (Å²) in [6, 6.07) is 7.14. The fourth-order valence-corrected chi connectivity index (χ4v) is 3.04. The lowest BCUT2D eigenvalue weighted by Gasteiger charge is -2.03. The fraction of sp³-hybridized carbons (Fsp3) is 0.154. The van der Waals surface area contributed by atoms with Gasteiger partial charge in [-0.15, -0.1) is 0 Å². The van der Waals surface area contributed by atoms with Crippen LogP contribution in [0, 0.1) is 10.6 Å². The monoisotopic (exact) mass is 278 g/mol. The van der Waals surface area contributed by atoms with Crippen LogP contribution in [0.5, 0.6) is 0 Å². The van der Waals surface area contributed by atoms with Crippen molar-refractivity contribution < 1.29 is 4.39 Å². The third-order valence-electron chi connectivity index (χ3n) is 2.96. The number of halogens is 1. The number of aryl methyl sites for hydroxylation is 2. The Balaban J connectivity index is 1.99. The number of imidazole rings is 1. The molecule has 0 atom stereocenters. The predicted molar refractivity (Wildman–Crippen MR) is 75.1 cm³/mol. The van der Waals surface area contributed by atoms with E-state index >= 15 is 0 Å². The maximum atomic E-state index is 13.6. The number of aromatic nitrogens is 2. The lowest BCUT2D eigenvalue weighted by Crippen LogP contribution is -2.00. The van der Waals surface area contributed by atoms with E-state index in [0.717, 1.165) is 18.5 Å². The molecule has 18 heavy (non-hydrogen) atoms. The van der Waals surface area contributed by atoms with Gasteiger partial charge in [-0.2, -0.15) is 11.3 Å². The number of aromatic amines is 1. The minimum Gasteiger partial charge on any atom is -0.328 e. The van der Waals surface area contributed by atoms with E-state index in [-0.39, 0.29) is 5.82 Å². The molecule has 0 aliphatic carbocycles. The molecule has 0 radical (unpaired) electrons. The lowest BCUT2D eigenvalue weighted by molar-refractivity contribution is 0.637. The van der Waals surface area contributed by atoms with E-state index in [1.807, 2.05) is 10.6 Å². The number of para-hydroxylation sites is 1. The normalized spacial score (nSPS) is 11.2. The number of nitrogens with one attached hydrogen (secondary N) is 1. The topological polar surface area (TPSA) is 20.7 Å². The first-order valence-electron chi connectivity index (χ1n) is 5.64. The highest BCUT2D eigenvalue weighted by Gasteiger charge is 2.07. The van der Waals surface area contributed by atoms with Gasteiger partial charge in [0, 0.05) is 6.54 Å². The third-order valence-corrected chi connectivity index (χ3v) is 4.02. The Labute approximate surface area is 113 Å². The van der Waals surface area contributed by atoms with Crippen molar-refractivity contribution in [3.63, 3.8) is 0 Å². The van der Waals surface area contributed by atoms with E-state index in [4.69, 9.17) is 12.2 Å². The highest BCUT2D eigenvalue weighted by molar-refractivity contribution is 7.71. The average molecular weight is 278 g/mol. The first-order chi connectivity index (χ1) is 8.75. The molecular weight excluding hydrogens is 267 g/mol. The van der Waals surface area contributed by atoms with Crippen LogP contribution >= 0.6 is 23.6 Å². The molecule has 3 aromatic rings. The highest BCUT2D eigenvalue weighted by atomic mass is 32.1. The summed E-state index contributed by atoms with van der Waals surface area (Å²) in [5.41, 5.74) is 2.61. The Kier molecular flexibility index (Phi) is 3.01. The van der Waals surface area contributed by atoms with Gasteiger partial charge in [-0.05, 0) is 53.2 Å². The van der Waals surface area contributed by atoms with Crippen molar-refractivity contribution in [1.82, 2.24) is 9.55 Å². The van der Waals surface area contributed by atoms with E-state index in [2.05, 4.69) is 21.8 Å². The quantitative estimate of drug-likeness (QED) is 0.714. The molecule has 92 valence electrons. The summed E-state index contributed by atoms with van der Waals surface area (Å²) in [6.07, 6.45) is 0.904. The minimum absolute atomic E-state index is 0.257. The maximum absolute atomic E-state index is 13.6. The van der Waals surface area contributed by atoms with E-state index < -0.39 is 0 Å². The maximum Gasteiger partial charge on any atom is 0.178 e. The van der Waals surface area contributed by atoms with Crippen LogP contribution in [-0.2, 0) is 13.0 Å². The second-order valence-electron chi connectivity index (χ2n) is 4.10. The second kappa shape index (κ2) is 4.66. The van der Waals surface area contributed by atoms with Crippen LogP contribution in [0.15, 0.2) is 35.0 Å². The minimum atomic E-state index is -0.257. The smallest absolute Gasteiger partial charge is 0.178 e. The zero-order chi connectivity index (χ0) is 12.5. The molecule has 1 N–H and O–H groups in total. The van der Waals surface area contributed by atoms with E-state index in [1.54, 1.807) is 17.4 Å². The van der Waals surface area contributed by atoms with Gasteiger partial charge in [0.2, 0.25) is 0 Å². The van der Waals surface area contributed by atoms with Gasteiger partial charge < -0.3 is 9.55 Å². The van der Waals surface area contributed by atoms with Crippen LogP contribution in [0.4, 0.5) is 4.39 Å². The summed E-state index contributed by atoms with van der Waals surface area (Å²) in [6.45, 7) is 0.763. The molecule has 1 aromatic carbocycles. The van der Waals surface area contributed by atoms with Crippen molar-refractivity contribution in [1.29, 1.82) is 0 Å². The molecule has 0 spiro atoms. The van der Waals surface area contributed by atoms with Crippen molar-refractivity contribution in [3.8, 4) is 0 Å².